The van der Waals surface area contributed by atoms with Crippen LogP contribution in [0.1, 0.15) is 22.8 Å². The van der Waals surface area contributed by atoms with Crippen molar-refractivity contribution < 1.29 is 9.50 Å². The van der Waals surface area contributed by atoms with E-state index in [2.05, 4.69) is 21.2 Å². The fraction of sp³-hybridized carbons (Fsp3) is 0.250. The molecule has 0 amide bonds. The molecule has 0 spiro atoms. The molecule has 0 aliphatic carbocycles. The Labute approximate surface area is 126 Å². The van der Waals surface area contributed by atoms with Gasteiger partial charge in [-0.05, 0) is 54.8 Å². The van der Waals surface area contributed by atoms with Gasteiger partial charge in [0.1, 0.15) is 5.82 Å². The molecule has 0 radical (unpaired) electrons. The third-order valence-electron chi connectivity index (χ3n) is 3.22. The average molecular weight is 338 g/mol. The molecule has 2 nitrogen and oxygen atoms in total. The lowest BCUT2D eigenvalue weighted by atomic mass is 10.1. The Bertz CT molecular complexity index is 575. The number of benzene rings is 2. The minimum atomic E-state index is -0.668. The highest BCUT2D eigenvalue weighted by Gasteiger charge is 2.10. The zero-order chi connectivity index (χ0) is 14.7. The molecule has 0 aliphatic rings. The molecule has 1 atom stereocenters. The maximum absolute atomic E-state index is 12.8. The van der Waals surface area contributed by atoms with Crippen LogP contribution in [0.15, 0.2) is 40.9 Å². The number of hydrogen-bond acceptors (Lipinski definition) is 2. The number of hydrogen-bond donors (Lipinski definition) is 2. The van der Waals surface area contributed by atoms with E-state index in [1.807, 2.05) is 26.0 Å². The van der Waals surface area contributed by atoms with E-state index in [1.165, 1.54) is 12.1 Å². The molecule has 0 aromatic heterocycles. The lowest BCUT2D eigenvalue weighted by molar-refractivity contribution is 0.191. The van der Waals surface area contributed by atoms with Crippen molar-refractivity contribution in [2.45, 2.75) is 20.0 Å². The number of aryl methyl sites for hydroxylation is 2. The van der Waals surface area contributed by atoms with Gasteiger partial charge >= 0.3 is 0 Å². The zero-order valence-electron chi connectivity index (χ0n) is 11.5. The number of halogens is 2. The third-order valence-corrected chi connectivity index (χ3v) is 3.68. The molecule has 106 valence electrons. The molecule has 2 N–H and O–H groups in total. The summed E-state index contributed by atoms with van der Waals surface area (Å²) in [6.45, 7) is 4.42. The predicted octanol–water partition coefficient (Wildman–Crippen LogP) is 4.35. The van der Waals surface area contributed by atoms with Crippen molar-refractivity contribution >= 4 is 21.6 Å². The third kappa shape index (κ3) is 3.58. The number of aliphatic hydroxyl groups is 1. The molecule has 0 saturated heterocycles. The highest BCUT2D eigenvalue weighted by atomic mass is 79.9. The molecule has 0 bridgehead atoms. The fourth-order valence-corrected chi connectivity index (χ4v) is 2.88. The van der Waals surface area contributed by atoms with Gasteiger partial charge in [-0.2, -0.15) is 0 Å². The molecule has 0 fully saturated rings. The number of nitrogens with one attached hydrogen (secondary N) is 1. The van der Waals surface area contributed by atoms with Crippen LogP contribution in [-0.4, -0.2) is 11.7 Å². The Balaban J connectivity index is 2.07. The van der Waals surface area contributed by atoms with Gasteiger partial charge in [0.15, 0.2) is 0 Å². The second-order valence-corrected chi connectivity index (χ2v) is 5.78. The predicted molar refractivity (Wildman–Crippen MR) is 83.5 cm³/mol. The summed E-state index contributed by atoms with van der Waals surface area (Å²) in [4.78, 5) is 0. The van der Waals surface area contributed by atoms with Crippen LogP contribution in [0, 0.1) is 19.7 Å². The Morgan fingerprint density at radius 1 is 1.15 bits per heavy atom. The summed E-state index contributed by atoms with van der Waals surface area (Å²) in [7, 11) is 0. The van der Waals surface area contributed by atoms with Crippen molar-refractivity contribution in [3.8, 4) is 0 Å². The van der Waals surface area contributed by atoms with Crippen molar-refractivity contribution in [1.29, 1.82) is 0 Å². The van der Waals surface area contributed by atoms with Crippen LogP contribution in [0.3, 0.4) is 0 Å². The Kier molecular flexibility index (Phi) is 4.78. The minimum Gasteiger partial charge on any atom is -0.387 e. The molecule has 2 aromatic rings. The van der Waals surface area contributed by atoms with E-state index in [0.29, 0.717) is 12.1 Å². The lowest BCUT2D eigenvalue weighted by Crippen LogP contribution is -2.13. The Hall–Kier alpha value is -1.39. The van der Waals surface area contributed by atoms with Gasteiger partial charge in [-0.15, -0.1) is 0 Å². The average Bonchev–Trinajstić information content (AvgIpc) is 2.38. The van der Waals surface area contributed by atoms with Crippen LogP contribution in [0.2, 0.25) is 0 Å². The van der Waals surface area contributed by atoms with Gasteiger partial charge in [0.05, 0.1) is 6.10 Å². The summed E-state index contributed by atoms with van der Waals surface area (Å²) >= 11 is 3.46. The van der Waals surface area contributed by atoms with Gasteiger partial charge in [0, 0.05) is 16.7 Å². The van der Waals surface area contributed by atoms with E-state index in [4.69, 9.17) is 0 Å². The molecule has 4 heteroatoms. The standard InChI is InChI=1S/C16H17BrFNO/c1-10-7-13(17)8-11(2)16(10)19-9-15(20)12-3-5-14(18)6-4-12/h3-8,15,19-20H,9H2,1-2H3. The molecule has 0 saturated carbocycles. The maximum Gasteiger partial charge on any atom is 0.123 e. The van der Waals surface area contributed by atoms with Crippen molar-refractivity contribution in [3.63, 3.8) is 0 Å². The van der Waals surface area contributed by atoms with E-state index in [1.54, 1.807) is 12.1 Å². The molecular formula is C16H17BrFNO. The van der Waals surface area contributed by atoms with Crippen molar-refractivity contribution in [2.24, 2.45) is 0 Å². The molecule has 1 unspecified atom stereocenters. The summed E-state index contributed by atoms with van der Waals surface area (Å²) in [5, 5.41) is 13.4. The first-order valence-electron chi connectivity index (χ1n) is 6.41. The highest BCUT2D eigenvalue weighted by molar-refractivity contribution is 9.10. The smallest absolute Gasteiger partial charge is 0.123 e. The van der Waals surface area contributed by atoms with Crippen LogP contribution in [0.4, 0.5) is 10.1 Å². The second-order valence-electron chi connectivity index (χ2n) is 4.86. The van der Waals surface area contributed by atoms with Gasteiger partial charge < -0.3 is 10.4 Å². The van der Waals surface area contributed by atoms with Gasteiger partial charge in [0.2, 0.25) is 0 Å². The van der Waals surface area contributed by atoms with Crippen molar-refractivity contribution in [1.82, 2.24) is 0 Å². The molecule has 2 rings (SSSR count). The lowest BCUT2D eigenvalue weighted by Gasteiger charge is -2.17. The van der Waals surface area contributed by atoms with Crippen LogP contribution in [0.5, 0.6) is 0 Å². The van der Waals surface area contributed by atoms with Gasteiger partial charge in [-0.25, -0.2) is 4.39 Å². The maximum atomic E-state index is 12.8. The van der Waals surface area contributed by atoms with E-state index in [9.17, 15) is 9.50 Å². The summed E-state index contributed by atoms with van der Waals surface area (Å²) in [5.41, 5.74) is 3.95. The van der Waals surface area contributed by atoms with Crippen LogP contribution >= 0.6 is 15.9 Å². The van der Waals surface area contributed by atoms with Gasteiger partial charge in [-0.1, -0.05) is 28.1 Å². The van der Waals surface area contributed by atoms with Crippen molar-refractivity contribution in [3.05, 3.63) is 63.4 Å². The first-order valence-corrected chi connectivity index (χ1v) is 7.21. The van der Waals surface area contributed by atoms with Crippen LogP contribution in [0.25, 0.3) is 0 Å². The van der Waals surface area contributed by atoms with Crippen LogP contribution < -0.4 is 5.32 Å². The zero-order valence-corrected chi connectivity index (χ0v) is 13.0. The van der Waals surface area contributed by atoms with Gasteiger partial charge in [0.25, 0.3) is 0 Å². The Morgan fingerprint density at radius 2 is 1.70 bits per heavy atom. The molecule has 0 aliphatic heterocycles. The van der Waals surface area contributed by atoms with Crippen molar-refractivity contribution in [2.75, 3.05) is 11.9 Å². The summed E-state index contributed by atoms with van der Waals surface area (Å²) < 4.78 is 13.9. The van der Waals surface area contributed by atoms with Crippen LogP contribution in [-0.2, 0) is 0 Å². The molecule has 2 aromatic carbocycles. The molecular weight excluding hydrogens is 321 g/mol. The van der Waals surface area contributed by atoms with Gasteiger partial charge in [-0.3, -0.25) is 0 Å². The van der Waals surface area contributed by atoms with E-state index in [0.717, 1.165) is 21.3 Å². The SMILES string of the molecule is Cc1cc(Br)cc(C)c1NCC(O)c1ccc(F)cc1. The number of aliphatic hydroxyl groups excluding tert-OH is 1. The summed E-state index contributed by atoms with van der Waals surface area (Å²) in [6.07, 6.45) is -0.668. The quantitative estimate of drug-likeness (QED) is 0.869. The number of anilines is 1. The minimum absolute atomic E-state index is 0.298. The first-order chi connectivity index (χ1) is 9.47. The number of rotatable bonds is 4. The van der Waals surface area contributed by atoms with E-state index >= 15 is 0 Å². The summed E-state index contributed by atoms with van der Waals surface area (Å²) in [6, 6.07) is 9.97. The fourth-order valence-electron chi connectivity index (χ4n) is 2.19. The summed E-state index contributed by atoms with van der Waals surface area (Å²) in [5.74, 6) is -0.298. The topological polar surface area (TPSA) is 32.3 Å². The molecule has 0 heterocycles. The Morgan fingerprint density at radius 3 is 2.25 bits per heavy atom. The highest BCUT2D eigenvalue weighted by Crippen LogP contribution is 2.26. The monoisotopic (exact) mass is 337 g/mol. The van der Waals surface area contributed by atoms with E-state index in [-0.39, 0.29) is 5.82 Å². The first kappa shape index (κ1) is 15.0. The normalized spacial score (nSPS) is 12.2. The molecule has 20 heavy (non-hydrogen) atoms. The second kappa shape index (κ2) is 6.37. The van der Waals surface area contributed by atoms with E-state index < -0.39 is 6.10 Å². The largest absolute Gasteiger partial charge is 0.387 e.